The average Bonchev–Trinajstić information content (AvgIpc) is 2.82. The van der Waals surface area contributed by atoms with E-state index >= 15 is 0 Å². The Bertz CT molecular complexity index is 1110. The third-order valence-corrected chi connectivity index (χ3v) is 6.89. The van der Waals surface area contributed by atoms with Crippen molar-refractivity contribution in [1.29, 1.82) is 0 Å². The van der Waals surface area contributed by atoms with E-state index in [1.807, 2.05) is 55.5 Å². The van der Waals surface area contributed by atoms with Crippen LogP contribution < -0.4 is 10.3 Å². The molecule has 0 saturated carbocycles. The van der Waals surface area contributed by atoms with Crippen LogP contribution in [0, 0.1) is 6.92 Å². The highest BCUT2D eigenvalue weighted by molar-refractivity contribution is 7.99. The van der Waals surface area contributed by atoms with Crippen LogP contribution in [0.5, 0.6) is 5.75 Å². The number of rotatable bonds is 13. The van der Waals surface area contributed by atoms with Crippen LogP contribution in [0.4, 0.5) is 0 Å². The fourth-order valence-electron chi connectivity index (χ4n) is 3.04. The second kappa shape index (κ2) is 13.7. The zero-order valence-corrected chi connectivity index (χ0v) is 21.5. The van der Waals surface area contributed by atoms with Gasteiger partial charge in [-0.3, -0.25) is 4.79 Å². The number of ether oxygens (including phenoxy) is 3. The van der Waals surface area contributed by atoms with E-state index in [1.54, 1.807) is 36.5 Å². The molecule has 9 heteroatoms. The van der Waals surface area contributed by atoms with Gasteiger partial charge in [0.2, 0.25) is 0 Å². The first-order valence-corrected chi connectivity index (χ1v) is 13.1. The molecular weight excluding hydrogens is 494 g/mol. The highest BCUT2D eigenvalue weighted by atomic mass is 35.5. The molecule has 6 nitrogen and oxygen atoms in total. The summed E-state index contributed by atoms with van der Waals surface area (Å²) in [6.07, 6.45) is 0. The van der Waals surface area contributed by atoms with Gasteiger partial charge in [-0.1, -0.05) is 29.4 Å². The molecule has 1 N–H and O–H groups in total. The van der Waals surface area contributed by atoms with Gasteiger partial charge >= 0.3 is 0 Å². The Hall–Kier alpha value is -2.10. The summed E-state index contributed by atoms with van der Waals surface area (Å²) in [4.78, 5) is 13.8. The Labute approximate surface area is 213 Å². The molecule has 0 fully saturated rings. The van der Waals surface area contributed by atoms with Crippen LogP contribution >= 0.6 is 35.1 Å². The highest BCUT2D eigenvalue weighted by Gasteiger charge is 2.11. The molecule has 1 atom stereocenters. The lowest BCUT2D eigenvalue weighted by Crippen LogP contribution is -2.21. The van der Waals surface area contributed by atoms with E-state index in [2.05, 4.69) is 0 Å². The fourth-order valence-corrected chi connectivity index (χ4v) is 4.94. The Morgan fingerprint density at radius 1 is 1.09 bits per heavy atom. The van der Waals surface area contributed by atoms with E-state index in [4.69, 9.17) is 25.8 Å². The summed E-state index contributed by atoms with van der Waals surface area (Å²) >= 11 is 9.23. The normalized spacial score (nSPS) is 12.0. The molecule has 0 saturated heterocycles. The molecule has 0 spiro atoms. The molecule has 1 aromatic heterocycles. The third-order valence-electron chi connectivity index (χ3n) is 4.60. The van der Waals surface area contributed by atoms with Crippen molar-refractivity contribution >= 4 is 35.1 Å². The zero-order valence-electron chi connectivity index (χ0n) is 19.1. The lowest BCUT2D eigenvalue weighted by Gasteiger charge is -2.17. The van der Waals surface area contributed by atoms with Gasteiger partial charge in [0.15, 0.2) is 0 Å². The van der Waals surface area contributed by atoms with Crippen molar-refractivity contribution in [1.82, 2.24) is 4.73 Å². The maximum atomic E-state index is 11.7. The number of aryl methyl sites for hydroxylation is 1. The molecule has 2 aromatic carbocycles. The van der Waals surface area contributed by atoms with E-state index in [1.165, 1.54) is 6.07 Å². The molecule has 34 heavy (non-hydrogen) atoms. The molecule has 0 bridgehead atoms. The Kier molecular flexibility index (Phi) is 10.7. The summed E-state index contributed by atoms with van der Waals surface area (Å²) in [5.41, 5.74) is 0.618. The minimum absolute atomic E-state index is 0.0848. The monoisotopic (exact) mass is 521 g/mol. The summed E-state index contributed by atoms with van der Waals surface area (Å²) < 4.78 is 18.0. The SMILES string of the molecule is CCOC(COCCSc1cccc(OCc2cc(C)cc(=O)n2O)c1)Sc1ccc(Cl)cc1. The first-order chi connectivity index (χ1) is 16.4. The van der Waals surface area contributed by atoms with Crippen LogP contribution in [0.1, 0.15) is 18.2 Å². The number of nitrogens with zero attached hydrogens (tertiary/aromatic N) is 1. The van der Waals surface area contributed by atoms with Crippen molar-refractivity contribution in [2.75, 3.05) is 25.6 Å². The summed E-state index contributed by atoms with van der Waals surface area (Å²) in [6.45, 7) is 5.56. The lowest BCUT2D eigenvalue weighted by molar-refractivity contribution is 0.0400. The van der Waals surface area contributed by atoms with Gasteiger partial charge in [-0.15, -0.1) is 16.5 Å². The van der Waals surface area contributed by atoms with Gasteiger partial charge in [0.05, 0.1) is 18.9 Å². The highest BCUT2D eigenvalue weighted by Crippen LogP contribution is 2.27. The van der Waals surface area contributed by atoms with Crippen LogP contribution in [0.3, 0.4) is 0 Å². The smallest absolute Gasteiger partial charge is 0.283 e. The minimum atomic E-state index is -0.471. The van der Waals surface area contributed by atoms with Crippen molar-refractivity contribution in [3.8, 4) is 5.75 Å². The number of benzene rings is 2. The van der Waals surface area contributed by atoms with Crippen molar-refractivity contribution in [2.24, 2.45) is 0 Å². The van der Waals surface area contributed by atoms with Crippen LogP contribution in [-0.4, -0.2) is 40.9 Å². The molecule has 0 aliphatic heterocycles. The molecular formula is C25H28ClNO5S2. The molecule has 182 valence electrons. The predicted octanol–water partition coefficient (Wildman–Crippen LogP) is 5.89. The summed E-state index contributed by atoms with van der Waals surface area (Å²) in [7, 11) is 0. The quantitative estimate of drug-likeness (QED) is 0.130. The molecule has 0 radical (unpaired) electrons. The second-order valence-corrected chi connectivity index (χ2v) is 10.2. The van der Waals surface area contributed by atoms with E-state index in [0.717, 1.165) is 21.1 Å². The van der Waals surface area contributed by atoms with Crippen molar-refractivity contribution in [2.45, 2.75) is 35.7 Å². The van der Waals surface area contributed by atoms with E-state index in [-0.39, 0.29) is 12.0 Å². The predicted molar refractivity (Wildman–Crippen MR) is 138 cm³/mol. The van der Waals surface area contributed by atoms with Crippen molar-refractivity contribution in [3.05, 3.63) is 87.3 Å². The van der Waals surface area contributed by atoms with Crippen LogP contribution in [-0.2, 0) is 16.1 Å². The first kappa shape index (κ1) is 26.5. The van der Waals surface area contributed by atoms with E-state index in [9.17, 15) is 10.0 Å². The number of thioether (sulfide) groups is 2. The topological polar surface area (TPSA) is 69.9 Å². The molecule has 1 unspecified atom stereocenters. The maximum Gasteiger partial charge on any atom is 0.283 e. The first-order valence-electron chi connectivity index (χ1n) is 10.8. The molecule has 0 amide bonds. The number of hydrogen-bond donors (Lipinski definition) is 1. The standard InChI is InChI=1S/C25H28ClNO5S2/c1-3-31-25(34-22-9-7-19(26)8-10-22)17-30-11-12-33-23-6-4-5-21(15-23)32-16-20-13-18(2)14-24(28)27(20)29/h4-10,13-15,25,29H,3,11-12,16-17H2,1-2H3. The minimum Gasteiger partial charge on any atom is -0.487 e. The summed E-state index contributed by atoms with van der Waals surface area (Å²) in [5, 5.41) is 10.6. The average molecular weight is 522 g/mol. The number of aromatic nitrogens is 1. The summed E-state index contributed by atoms with van der Waals surface area (Å²) in [6, 6.07) is 18.5. The number of hydrogen-bond acceptors (Lipinski definition) is 7. The molecule has 0 aliphatic carbocycles. The third kappa shape index (κ3) is 8.60. The molecule has 1 heterocycles. The van der Waals surface area contributed by atoms with Gasteiger partial charge in [-0.2, -0.15) is 0 Å². The maximum absolute atomic E-state index is 11.7. The molecule has 3 aromatic rings. The van der Waals surface area contributed by atoms with Crippen LogP contribution in [0.15, 0.2) is 75.2 Å². The lowest BCUT2D eigenvalue weighted by atomic mass is 10.2. The van der Waals surface area contributed by atoms with Gasteiger partial charge in [0.1, 0.15) is 17.8 Å². The fraction of sp³-hybridized carbons (Fsp3) is 0.320. The van der Waals surface area contributed by atoms with Crippen molar-refractivity contribution in [3.63, 3.8) is 0 Å². The summed E-state index contributed by atoms with van der Waals surface area (Å²) in [5.74, 6) is 1.44. The van der Waals surface area contributed by atoms with Crippen LogP contribution in [0.25, 0.3) is 0 Å². The van der Waals surface area contributed by atoms with Crippen LogP contribution in [0.2, 0.25) is 5.02 Å². The molecule has 0 aliphatic rings. The van der Waals surface area contributed by atoms with Gasteiger partial charge < -0.3 is 19.4 Å². The van der Waals surface area contributed by atoms with E-state index < -0.39 is 5.56 Å². The largest absolute Gasteiger partial charge is 0.487 e. The zero-order chi connectivity index (χ0) is 24.3. The number of pyridine rings is 1. The molecule has 3 rings (SSSR count). The Balaban J connectivity index is 1.43. The Morgan fingerprint density at radius 2 is 1.88 bits per heavy atom. The van der Waals surface area contributed by atoms with Gasteiger partial charge in [-0.05, 0) is 67.9 Å². The van der Waals surface area contributed by atoms with Gasteiger partial charge in [0.25, 0.3) is 5.56 Å². The van der Waals surface area contributed by atoms with Gasteiger partial charge in [-0.25, -0.2) is 0 Å². The van der Waals surface area contributed by atoms with Crippen molar-refractivity contribution < 1.29 is 19.4 Å². The van der Waals surface area contributed by atoms with Gasteiger partial charge in [0, 0.05) is 33.2 Å². The second-order valence-electron chi connectivity index (χ2n) is 7.32. The number of halogens is 1. The van der Waals surface area contributed by atoms with E-state index in [0.29, 0.717) is 41.0 Å². The Morgan fingerprint density at radius 3 is 2.65 bits per heavy atom.